The summed E-state index contributed by atoms with van der Waals surface area (Å²) in [5, 5.41) is 27.2. The Morgan fingerprint density at radius 1 is 0.833 bits per heavy atom. The SMILES string of the molecule is CCCCCCCCCCCCCC(=O)OC[C@@H](O)COP(=O)([O-])OCC(O)CO. The largest absolute Gasteiger partial charge is 0.756 e. The number of carbonyl (C=O) groups is 1. The van der Waals surface area contributed by atoms with Gasteiger partial charge < -0.3 is 34.0 Å². The number of ether oxygens (including phenoxy) is 1. The van der Waals surface area contributed by atoms with Crippen molar-refractivity contribution in [2.75, 3.05) is 26.4 Å². The van der Waals surface area contributed by atoms with E-state index in [1.54, 1.807) is 0 Å². The van der Waals surface area contributed by atoms with Crippen LogP contribution in [0.25, 0.3) is 0 Å². The maximum atomic E-state index is 11.7. The van der Waals surface area contributed by atoms with Gasteiger partial charge in [0, 0.05) is 6.42 Å². The van der Waals surface area contributed by atoms with Crippen molar-refractivity contribution in [3.63, 3.8) is 0 Å². The van der Waals surface area contributed by atoms with E-state index >= 15 is 0 Å². The third kappa shape index (κ3) is 19.4. The Bertz CT molecular complexity index is 462. The van der Waals surface area contributed by atoms with Gasteiger partial charge in [-0.15, -0.1) is 0 Å². The number of carbonyl (C=O) groups excluding carboxylic acids is 1. The highest BCUT2D eigenvalue weighted by atomic mass is 31.2. The van der Waals surface area contributed by atoms with Crippen LogP contribution in [0.2, 0.25) is 0 Å². The average molecular weight is 456 g/mol. The summed E-state index contributed by atoms with van der Waals surface area (Å²) in [6, 6.07) is 0. The lowest BCUT2D eigenvalue weighted by Crippen LogP contribution is -2.26. The Morgan fingerprint density at radius 3 is 1.80 bits per heavy atom. The summed E-state index contributed by atoms with van der Waals surface area (Å²) >= 11 is 0. The number of esters is 1. The monoisotopic (exact) mass is 455 g/mol. The maximum absolute atomic E-state index is 11.7. The van der Waals surface area contributed by atoms with Gasteiger partial charge >= 0.3 is 5.97 Å². The summed E-state index contributed by atoms with van der Waals surface area (Å²) in [5.41, 5.74) is 0. The molecule has 0 amide bonds. The smallest absolute Gasteiger partial charge is 0.305 e. The van der Waals surface area contributed by atoms with Crippen LogP contribution in [0.1, 0.15) is 84.0 Å². The van der Waals surface area contributed by atoms with Gasteiger partial charge in [0.15, 0.2) is 0 Å². The number of unbranched alkanes of at least 4 members (excludes halogenated alkanes) is 10. The van der Waals surface area contributed by atoms with Crippen molar-refractivity contribution in [2.24, 2.45) is 0 Å². The van der Waals surface area contributed by atoms with Gasteiger partial charge in [0.05, 0.1) is 19.8 Å². The Kier molecular flexibility index (Phi) is 18.8. The van der Waals surface area contributed by atoms with E-state index in [4.69, 9.17) is 14.9 Å². The first-order valence-electron chi connectivity index (χ1n) is 11.0. The van der Waals surface area contributed by atoms with E-state index in [0.29, 0.717) is 0 Å². The second-order valence-corrected chi connectivity index (χ2v) is 8.91. The fraction of sp³-hybridized carbons (Fsp3) is 0.950. The van der Waals surface area contributed by atoms with Crippen LogP contribution in [0, 0.1) is 0 Å². The third-order valence-electron chi connectivity index (χ3n) is 4.48. The zero-order valence-corrected chi connectivity index (χ0v) is 19.1. The van der Waals surface area contributed by atoms with Gasteiger partial charge in [-0.05, 0) is 6.42 Å². The van der Waals surface area contributed by atoms with E-state index in [9.17, 15) is 19.4 Å². The van der Waals surface area contributed by atoms with Crippen LogP contribution in [-0.4, -0.2) is 59.9 Å². The van der Waals surface area contributed by atoms with E-state index < -0.39 is 45.8 Å². The molecule has 0 aliphatic rings. The summed E-state index contributed by atoms with van der Waals surface area (Å²) in [6.07, 6.45) is 10.6. The van der Waals surface area contributed by atoms with Crippen LogP contribution in [0.15, 0.2) is 0 Å². The molecule has 30 heavy (non-hydrogen) atoms. The molecule has 10 heteroatoms. The van der Waals surface area contributed by atoms with Gasteiger partial charge in [0.25, 0.3) is 7.82 Å². The van der Waals surface area contributed by atoms with Crippen molar-refractivity contribution in [3.05, 3.63) is 0 Å². The highest BCUT2D eigenvalue weighted by Gasteiger charge is 2.16. The van der Waals surface area contributed by atoms with Crippen molar-refractivity contribution in [1.82, 2.24) is 0 Å². The van der Waals surface area contributed by atoms with Crippen molar-refractivity contribution in [3.8, 4) is 0 Å². The van der Waals surface area contributed by atoms with Crippen LogP contribution in [-0.2, 0) is 23.1 Å². The first kappa shape index (κ1) is 29.5. The van der Waals surface area contributed by atoms with Crippen LogP contribution in [0.4, 0.5) is 0 Å². The number of phosphoric acid groups is 1. The number of aliphatic hydroxyl groups is 3. The van der Waals surface area contributed by atoms with E-state index in [1.165, 1.54) is 51.4 Å². The molecule has 9 nitrogen and oxygen atoms in total. The van der Waals surface area contributed by atoms with Crippen molar-refractivity contribution in [1.29, 1.82) is 0 Å². The van der Waals surface area contributed by atoms with Crippen LogP contribution in [0.3, 0.4) is 0 Å². The fourth-order valence-electron chi connectivity index (χ4n) is 2.69. The first-order valence-corrected chi connectivity index (χ1v) is 12.5. The Balaban J connectivity index is 3.60. The molecule has 180 valence electrons. The molecule has 0 aromatic carbocycles. The van der Waals surface area contributed by atoms with Crippen molar-refractivity contribution >= 4 is 13.8 Å². The number of phosphoric ester groups is 1. The van der Waals surface area contributed by atoms with E-state index in [1.807, 2.05) is 0 Å². The molecule has 2 unspecified atom stereocenters. The molecule has 0 saturated heterocycles. The lowest BCUT2D eigenvalue weighted by molar-refractivity contribution is -0.229. The molecule has 0 aliphatic carbocycles. The zero-order valence-electron chi connectivity index (χ0n) is 18.2. The summed E-state index contributed by atoms with van der Waals surface area (Å²) in [7, 11) is -4.72. The van der Waals surface area contributed by atoms with Gasteiger partial charge in [0.1, 0.15) is 18.8 Å². The van der Waals surface area contributed by atoms with Gasteiger partial charge in [-0.25, -0.2) is 0 Å². The number of hydrogen-bond donors (Lipinski definition) is 3. The Morgan fingerprint density at radius 2 is 1.30 bits per heavy atom. The van der Waals surface area contributed by atoms with Crippen LogP contribution >= 0.6 is 7.82 Å². The third-order valence-corrected chi connectivity index (χ3v) is 5.41. The lowest BCUT2D eigenvalue weighted by atomic mass is 10.1. The second kappa shape index (κ2) is 19.2. The quantitative estimate of drug-likeness (QED) is 0.135. The second-order valence-electron chi connectivity index (χ2n) is 7.50. The molecule has 0 aromatic rings. The van der Waals surface area contributed by atoms with E-state index in [-0.39, 0.29) is 13.0 Å². The van der Waals surface area contributed by atoms with Gasteiger partial charge in [-0.1, -0.05) is 71.1 Å². The highest BCUT2D eigenvalue weighted by molar-refractivity contribution is 7.45. The standard InChI is InChI=1S/C20H41O9P/c1-2-3-4-5-6-7-8-9-10-11-12-13-20(24)27-15-19(23)17-29-30(25,26)28-16-18(22)14-21/h18-19,21-23H,2-17H2,1H3,(H,25,26)/p-1/t18?,19-/m1/s1. The normalized spacial score (nSPS) is 15.5. The molecule has 0 spiro atoms. The topological polar surface area (TPSA) is 146 Å². The lowest BCUT2D eigenvalue weighted by Gasteiger charge is -2.24. The van der Waals surface area contributed by atoms with Crippen molar-refractivity contribution in [2.45, 2.75) is 96.2 Å². The molecule has 3 N–H and O–H groups in total. The zero-order chi connectivity index (χ0) is 22.7. The minimum Gasteiger partial charge on any atom is -0.756 e. The van der Waals surface area contributed by atoms with Crippen molar-refractivity contribution < 1.29 is 43.4 Å². The summed E-state index contributed by atoms with van der Waals surface area (Å²) in [5.74, 6) is -0.447. The van der Waals surface area contributed by atoms with Gasteiger partial charge in [-0.3, -0.25) is 9.36 Å². The molecule has 0 fully saturated rings. The predicted molar refractivity (Wildman–Crippen MR) is 111 cm³/mol. The molecule has 0 aromatic heterocycles. The van der Waals surface area contributed by atoms with Crippen LogP contribution in [0.5, 0.6) is 0 Å². The van der Waals surface area contributed by atoms with Gasteiger partial charge in [0.2, 0.25) is 0 Å². The van der Waals surface area contributed by atoms with E-state index in [0.717, 1.165) is 19.3 Å². The summed E-state index contributed by atoms with van der Waals surface area (Å²) < 4.78 is 25.1. The molecule has 0 radical (unpaired) electrons. The molecule has 0 bridgehead atoms. The fourth-order valence-corrected chi connectivity index (χ4v) is 3.47. The van der Waals surface area contributed by atoms with Gasteiger partial charge in [-0.2, -0.15) is 0 Å². The minimum absolute atomic E-state index is 0.257. The molecule has 0 aliphatic heterocycles. The molecule has 3 atom stereocenters. The maximum Gasteiger partial charge on any atom is 0.305 e. The Labute approximate surface area is 180 Å². The molecule has 0 saturated carbocycles. The first-order chi connectivity index (χ1) is 14.3. The molecular weight excluding hydrogens is 415 g/mol. The summed E-state index contributed by atoms with van der Waals surface area (Å²) in [4.78, 5) is 23.0. The number of aliphatic hydroxyl groups excluding tert-OH is 3. The Hall–Kier alpha value is -0.540. The minimum atomic E-state index is -4.72. The molecular formula is C20H40O9P-. The highest BCUT2D eigenvalue weighted by Crippen LogP contribution is 2.38. The number of hydrogen-bond acceptors (Lipinski definition) is 9. The van der Waals surface area contributed by atoms with Crippen LogP contribution < -0.4 is 4.89 Å². The summed E-state index contributed by atoms with van der Waals surface area (Å²) in [6.45, 7) is -0.108. The average Bonchev–Trinajstić information content (AvgIpc) is 2.73. The van der Waals surface area contributed by atoms with E-state index in [2.05, 4.69) is 16.0 Å². The predicted octanol–water partition coefficient (Wildman–Crippen LogP) is 2.45. The number of rotatable bonds is 21. The molecule has 0 rings (SSSR count). The molecule has 0 heterocycles.